The fourth-order valence-electron chi connectivity index (χ4n) is 3.69. The Bertz CT molecular complexity index is 1150. The topological polar surface area (TPSA) is 109 Å². The van der Waals surface area contributed by atoms with Crippen LogP contribution in [0.2, 0.25) is 0 Å². The van der Waals surface area contributed by atoms with Gasteiger partial charge in [-0.2, -0.15) is 5.10 Å². The van der Waals surface area contributed by atoms with E-state index >= 15 is 0 Å². The third-order valence-corrected chi connectivity index (χ3v) is 5.50. The molecule has 33 heavy (non-hydrogen) atoms. The van der Waals surface area contributed by atoms with Gasteiger partial charge in [-0.25, -0.2) is 9.97 Å². The maximum atomic E-state index is 12.4. The molecule has 0 aliphatic carbocycles. The highest BCUT2D eigenvalue weighted by Crippen LogP contribution is 2.24. The molecule has 9 heteroatoms. The van der Waals surface area contributed by atoms with Crippen LogP contribution in [0.5, 0.6) is 0 Å². The first-order chi connectivity index (χ1) is 16.0. The lowest BCUT2D eigenvalue weighted by Crippen LogP contribution is -2.49. The van der Waals surface area contributed by atoms with Crippen molar-refractivity contribution in [3.63, 3.8) is 0 Å². The summed E-state index contributed by atoms with van der Waals surface area (Å²) in [7, 11) is 1.89. The third kappa shape index (κ3) is 5.32. The number of hydrogen-bond donors (Lipinski definition) is 2. The van der Waals surface area contributed by atoms with Crippen molar-refractivity contribution < 1.29 is 9.53 Å². The number of hydrogen-bond acceptors (Lipinski definition) is 7. The molecule has 0 spiro atoms. The fraction of sp³-hybridized carbons (Fsp3) is 0.292. The van der Waals surface area contributed by atoms with Crippen LogP contribution in [-0.2, 0) is 16.6 Å². The highest BCUT2D eigenvalue weighted by Gasteiger charge is 2.22. The van der Waals surface area contributed by atoms with Gasteiger partial charge < -0.3 is 20.4 Å². The number of amides is 1. The van der Waals surface area contributed by atoms with Crippen LogP contribution >= 0.6 is 0 Å². The molecule has 2 N–H and O–H groups in total. The SMILES string of the molecule is CC1COCCN1C(=O)CN/C=C(\C=N)c1cnc(-c2cccc(-c3cnn(C)c3)c2)nc1. The molecule has 0 bridgehead atoms. The van der Waals surface area contributed by atoms with E-state index in [0.29, 0.717) is 36.7 Å². The van der Waals surface area contributed by atoms with E-state index in [2.05, 4.69) is 20.4 Å². The minimum absolute atomic E-state index is 0.00600. The van der Waals surface area contributed by atoms with Gasteiger partial charge in [0, 0.05) is 66.9 Å². The van der Waals surface area contributed by atoms with Crippen molar-refractivity contribution in [3.05, 3.63) is 60.8 Å². The van der Waals surface area contributed by atoms with Crippen LogP contribution in [0.4, 0.5) is 0 Å². The Morgan fingerprint density at radius 1 is 1.24 bits per heavy atom. The van der Waals surface area contributed by atoms with Crippen molar-refractivity contribution in [2.24, 2.45) is 7.05 Å². The van der Waals surface area contributed by atoms with Crippen LogP contribution < -0.4 is 5.32 Å². The molecule has 0 radical (unpaired) electrons. The summed E-state index contributed by atoms with van der Waals surface area (Å²) in [4.78, 5) is 23.2. The number of nitrogens with one attached hydrogen (secondary N) is 2. The van der Waals surface area contributed by atoms with Gasteiger partial charge in [0.05, 0.1) is 32.0 Å². The molecule has 4 rings (SSSR count). The highest BCUT2D eigenvalue weighted by atomic mass is 16.5. The molecule has 0 saturated carbocycles. The summed E-state index contributed by atoms with van der Waals surface area (Å²) in [5.74, 6) is 0.602. The number of carbonyl (C=O) groups excluding carboxylic acids is 1. The number of carbonyl (C=O) groups is 1. The molecule has 1 fully saturated rings. The largest absolute Gasteiger partial charge is 0.382 e. The molecule has 1 atom stereocenters. The van der Waals surface area contributed by atoms with Gasteiger partial charge >= 0.3 is 0 Å². The van der Waals surface area contributed by atoms with E-state index in [-0.39, 0.29) is 18.5 Å². The van der Waals surface area contributed by atoms with E-state index in [0.717, 1.165) is 16.7 Å². The number of aromatic nitrogens is 4. The molecular weight excluding hydrogens is 418 g/mol. The van der Waals surface area contributed by atoms with E-state index in [1.807, 2.05) is 55.5 Å². The van der Waals surface area contributed by atoms with Crippen molar-refractivity contribution in [2.75, 3.05) is 26.3 Å². The molecule has 1 saturated heterocycles. The lowest BCUT2D eigenvalue weighted by molar-refractivity contribution is -0.137. The molecule has 3 heterocycles. The molecular formula is C24H27N7O2. The molecule has 1 aromatic carbocycles. The zero-order valence-electron chi connectivity index (χ0n) is 18.7. The zero-order valence-corrected chi connectivity index (χ0v) is 18.7. The summed E-state index contributed by atoms with van der Waals surface area (Å²) in [6, 6.07) is 8.04. The van der Waals surface area contributed by atoms with Gasteiger partial charge in [-0.1, -0.05) is 18.2 Å². The van der Waals surface area contributed by atoms with Crippen molar-refractivity contribution >= 4 is 17.7 Å². The molecule has 3 aromatic rings. The van der Waals surface area contributed by atoms with E-state index in [9.17, 15) is 4.79 Å². The Hall–Kier alpha value is -3.85. The van der Waals surface area contributed by atoms with Gasteiger partial charge in [-0.05, 0) is 18.6 Å². The standard InChI is InChI=1S/C24H27N7O2/c1-17-16-33-7-6-31(17)23(32)14-26-10-20(9-25)21-11-27-24(28-12-21)19-5-3-4-18(8-19)22-13-29-30(2)15-22/h3-5,8-13,15,17,25-26H,6-7,14,16H2,1-2H3/b20-10+,25-9?. The molecule has 2 aromatic heterocycles. The summed E-state index contributed by atoms with van der Waals surface area (Å²) in [6.07, 6.45) is 10.0. The van der Waals surface area contributed by atoms with E-state index in [4.69, 9.17) is 10.1 Å². The number of ether oxygens (including phenoxy) is 1. The lowest BCUT2D eigenvalue weighted by Gasteiger charge is -2.33. The van der Waals surface area contributed by atoms with E-state index in [1.165, 1.54) is 6.21 Å². The number of allylic oxidation sites excluding steroid dienone is 1. The summed E-state index contributed by atoms with van der Waals surface area (Å²) in [6.45, 7) is 3.84. The zero-order chi connectivity index (χ0) is 23.2. The van der Waals surface area contributed by atoms with Gasteiger partial charge in [-0.3, -0.25) is 9.48 Å². The Balaban J connectivity index is 1.43. The molecule has 1 unspecified atom stereocenters. The smallest absolute Gasteiger partial charge is 0.242 e. The second-order valence-electron chi connectivity index (χ2n) is 7.91. The molecule has 170 valence electrons. The second-order valence-corrected chi connectivity index (χ2v) is 7.91. The van der Waals surface area contributed by atoms with Crippen LogP contribution in [0.1, 0.15) is 12.5 Å². The van der Waals surface area contributed by atoms with Crippen LogP contribution in [0, 0.1) is 5.41 Å². The van der Waals surface area contributed by atoms with Crippen LogP contribution in [0.3, 0.4) is 0 Å². The van der Waals surface area contributed by atoms with Crippen molar-refractivity contribution in [2.45, 2.75) is 13.0 Å². The first-order valence-corrected chi connectivity index (χ1v) is 10.8. The van der Waals surface area contributed by atoms with Gasteiger partial charge in [-0.15, -0.1) is 0 Å². The van der Waals surface area contributed by atoms with E-state index in [1.54, 1.807) is 23.3 Å². The van der Waals surface area contributed by atoms with Crippen molar-refractivity contribution in [1.82, 2.24) is 30.0 Å². The van der Waals surface area contributed by atoms with Crippen molar-refractivity contribution in [3.8, 4) is 22.5 Å². The fourth-order valence-corrected chi connectivity index (χ4v) is 3.69. The quantitative estimate of drug-likeness (QED) is 0.541. The summed E-state index contributed by atoms with van der Waals surface area (Å²) in [5, 5.41) is 15.0. The number of morpholine rings is 1. The van der Waals surface area contributed by atoms with Gasteiger partial charge in [0.1, 0.15) is 0 Å². The predicted molar refractivity (Wildman–Crippen MR) is 126 cm³/mol. The summed E-state index contributed by atoms with van der Waals surface area (Å²) < 4.78 is 7.14. The Labute approximate surface area is 192 Å². The molecule has 1 aliphatic heterocycles. The maximum Gasteiger partial charge on any atom is 0.242 e. The minimum atomic E-state index is 0.00600. The number of aryl methyl sites for hydroxylation is 1. The Kier molecular flexibility index (Phi) is 6.89. The first-order valence-electron chi connectivity index (χ1n) is 10.8. The number of nitrogens with zero attached hydrogens (tertiary/aromatic N) is 5. The molecule has 1 aliphatic rings. The van der Waals surface area contributed by atoms with Gasteiger partial charge in [0.15, 0.2) is 5.82 Å². The maximum absolute atomic E-state index is 12.4. The van der Waals surface area contributed by atoms with Crippen LogP contribution in [-0.4, -0.2) is 69.1 Å². The molecule has 9 nitrogen and oxygen atoms in total. The monoisotopic (exact) mass is 445 g/mol. The molecule has 1 amide bonds. The summed E-state index contributed by atoms with van der Waals surface area (Å²) >= 11 is 0. The minimum Gasteiger partial charge on any atom is -0.382 e. The normalized spacial score (nSPS) is 16.5. The summed E-state index contributed by atoms with van der Waals surface area (Å²) in [5.41, 5.74) is 4.24. The van der Waals surface area contributed by atoms with E-state index < -0.39 is 0 Å². The first kappa shape index (κ1) is 22.3. The number of benzene rings is 1. The average molecular weight is 446 g/mol. The van der Waals surface area contributed by atoms with Crippen molar-refractivity contribution in [1.29, 1.82) is 5.41 Å². The lowest BCUT2D eigenvalue weighted by atomic mass is 10.1. The predicted octanol–water partition coefficient (Wildman–Crippen LogP) is 2.37. The Morgan fingerprint density at radius 2 is 2.03 bits per heavy atom. The number of rotatable bonds is 7. The van der Waals surface area contributed by atoms with Gasteiger partial charge in [0.25, 0.3) is 0 Å². The Morgan fingerprint density at radius 3 is 2.73 bits per heavy atom. The average Bonchev–Trinajstić information content (AvgIpc) is 3.28. The second kappa shape index (κ2) is 10.2. The highest BCUT2D eigenvalue weighted by molar-refractivity contribution is 6.08. The van der Waals surface area contributed by atoms with Gasteiger partial charge in [0.2, 0.25) is 5.91 Å². The van der Waals surface area contributed by atoms with Crippen LogP contribution in [0.15, 0.2) is 55.3 Å². The third-order valence-electron chi connectivity index (χ3n) is 5.50. The van der Waals surface area contributed by atoms with Crippen LogP contribution in [0.25, 0.3) is 28.1 Å².